The monoisotopic (exact) mass is 382 g/mol. The molecule has 0 saturated carbocycles. The second-order valence-corrected chi connectivity index (χ2v) is 7.15. The highest BCUT2D eigenvalue weighted by Gasteiger charge is 2.32. The van der Waals surface area contributed by atoms with Gasteiger partial charge in [0.25, 0.3) is 5.91 Å². The molecule has 3 aliphatic heterocycles. The molecule has 0 bridgehead atoms. The van der Waals surface area contributed by atoms with Crippen LogP contribution < -0.4 is 18.9 Å². The Balaban J connectivity index is 1.15. The number of hydrogen-bond donors (Lipinski definition) is 0. The lowest BCUT2D eigenvalue weighted by Crippen LogP contribution is -2.53. The molecular weight excluding hydrogens is 360 g/mol. The summed E-state index contributed by atoms with van der Waals surface area (Å²) in [5.74, 6) is 2.93. The fourth-order valence-electron chi connectivity index (χ4n) is 3.77. The molecule has 0 aromatic heterocycles. The highest BCUT2D eigenvalue weighted by molar-refractivity contribution is 5.82. The van der Waals surface area contributed by atoms with Gasteiger partial charge >= 0.3 is 0 Å². The van der Waals surface area contributed by atoms with Gasteiger partial charge in [-0.2, -0.15) is 0 Å². The summed E-state index contributed by atoms with van der Waals surface area (Å²) in [7, 11) is 0. The van der Waals surface area contributed by atoms with Gasteiger partial charge < -0.3 is 23.8 Å². The molecule has 7 nitrogen and oxygen atoms in total. The molecule has 7 heteroatoms. The maximum atomic E-state index is 12.8. The molecule has 28 heavy (non-hydrogen) atoms. The van der Waals surface area contributed by atoms with Crippen LogP contribution in [0.3, 0.4) is 0 Å². The van der Waals surface area contributed by atoms with Crippen LogP contribution >= 0.6 is 0 Å². The zero-order valence-electron chi connectivity index (χ0n) is 15.5. The van der Waals surface area contributed by atoms with Crippen molar-refractivity contribution in [3.05, 3.63) is 48.0 Å². The average Bonchev–Trinajstić information content (AvgIpc) is 3.21. The molecule has 0 spiro atoms. The van der Waals surface area contributed by atoms with E-state index in [1.54, 1.807) is 0 Å². The van der Waals surface area contributed by atoms with E-state index in [9.17, 15) is 4.79 Å². The third-order valence-electron chi connectivity index (χ3n) is 5.31. The molecule has 3 aliphatic rings. The molecule has 1 atom stereocenters. The Morgan fingerprint density at radius 1 is 0.893 bits per heavy atom. The minimum absolute atomic E-state index is 0.00256. The number of benzene rings is 2. The first-order chi connectivity index (χ1) is 13.8. The predicted octanol–water partition coefficient (Wildman–Crippen LogP) is 1.90. The van der Waals surface area contributed by atoms with Crippen molar-refractivity contribution in [3.8, 4) is 23.0 Å². The van der Waals surface area contributed by atoms with Crippen molar-refractivity contribution in [2.75, 3.05) is 39.6 Å². The smallest absolute Gasteiger partial charge is 0.267 e. The largest absolute Gasteiger partial charge is 0.485 e. The molecule has 0 aliphatic carbocycles. The number of carbonyl (C=O) groups is 1. The van der Waals surface area contributed by atoms with Crippen molar-refractivity contribution in [2.45, 2.75) is 12.6 Å². The SMILES string of the molecule is O=C([C@@H]1COc2ccccc2O1)N1CCN(Cc2ccc3c(c2)OCO3)CC1. The summed E-state index contributed by atoms with van der Waals surface area (Å²) < 4.78 is 22.3. The second kappa shape index (κ2) is 7.24. The number of piperazine rings is 1. The molecule has 2 aromatic carbocycles. The van der Waals surface area contributed by atoms with E-state index in [0.717, 1.165) is 31.1 Å². The molecule has 146 valence electrons. The number of carbonyl (C=O) groups excluding carboxylic acids is 1. The van der Waals surface area contributed by atoms with E-state index in [4.69, 9.17) is 18.9 Å². The van der Waals surface area contributed by atoms with Crippen molar-refractivity contribution >= 4 is 5.91 Å². The Bertz CT molecular complexity index is 879. The lowest BCUT2D eigenvalue weighted by atomic mass is 10.1. The number of amides is 1. The number of nitrogens with zero attached hydrogens (tertiary/aromatic N) is 2. The van der Waals surface area contributed by atoms with Crippen molar-refractivity contribution in [1.29, 1.82) is 0 Å². The summed E-state index contributed by atoms with van der Waals surface area (Å²) in [5, 5.41) is 0. The van der Waals surface area contributed by atoms with E-state index in [2.05, 4.69) is 11.0 Å². The van der Waals surface area contributed by atoms with Crippen LogP contribution in [0.25, 0.3) is 0 Å². The van der Waals surface area contributed by atoms with Crippen LogP contribution in [0, 0.1) is 0 Å². The van der Waals surface area contributed by atoms with Gasteiger partial charge in [-0.05, 0) is 29.8 Å². The lowest BCUT2D eigenvalue weighted by molar-refractivity contribution is -0.143. The first kappa shape index (κ1) is 17.2. The maximum absolute atomic E-state index is 12.8. The molecule has 1 fully saturated rings. The van der Waals surface area contributed by atoms with Gasteiger partial charge in [0, 0.05) is 32.7 Å². The third kappa shape index (κ3) is 3.33. The summed E-state index contributed by atoms with van der Waals surface area (Å²) in [6, 6.07) is 13.5. The van der Waals surface area contributed by atoms with Crippen molar-refractivity contribution in [1.82, 2.24) is 9.80 Å². The quantitative estimate of drug-likeness (QED) is 0.808. The van der Waals surface area contributed by atoms with Crippen molar-refractivity contribution in [2.24, 2.45) is 0 Å². The van der Waals surface area contributed by atoms with E-state index in [-0.39, 0.29) is 19.3 Å². The van der Waals surface area contributed by atoms with Gasteiger partial charge in [-0.25, -0.2) is 0 Å². The molecular formula is C21H22N2O5. The van der Waals surface area contributed by atoms with Crippen molar-refractivity contribution in [3.63, 3.8) is 0 Å². The number of rotatable bonds is 3. The van der Waals surface area contributed by atoms with Crippen LogP contribution in [-0.4, -0.2) is 61.4 Å². The van der Waals surface area contributed by atoms with Crippen LogP contribution in [0.15, 0.2) is 42.5 Å². The molecule has 1 saturated heterocycles. The van der Waals surface area contributed by atoms with Crippen LogP contribution in [-0.2, 0) is 11.3 Å². The maximum Gasteiger partial charge on any atom is 0.267 e. The van der Waals surface area contributed by atoms with Crippen LogP contribution in [0.4, 0.5) is 0 Å². The molecule has 2 aromatic rings. The highest BCUT2D eigenvalue weighted by atomic mass is 16.7. The highest BCUT2D eigenvalue weighted by Crippen LogP contribution is 2.33. The Labute approximate surface area is 163 Å². The van der Waals surface area contributed by atoms with Gasteiger partial charge in [0.15, 0.2) is 23.0 Å². The summed E-state index contributed by atoms with van der Waals surface area (Å²) >= 11 is 0. The fourth-order valence-corrected chi connectivity index (χ4v) is 3.77. The first-order valence-corrected chi connectivity index (χ1v) is 9.54. The van der Waals surface area contributed by atoms with Gasteiger partial charge in [0.05, 0.1) is 0 Å². The number of ether oxygens (including phenoxy) is 4. The standard InChI is InChI=1S/C21H22N2O5/c24-21(20-13-25-16-3-1-2-4-18(16)28-20)23-9-7-22(8-10-23)12-15-5-6-17-19(11-15)27-14-26-17/h1-6,11,20H,7-10,12-14H2/t20-/m0/s1. The number of fused-ring (bicyclic) bond motifs is 2. The number of para-hydroxylation sites is 2. The van der Waals surface area contributed by atoms with Gasteiger partial charge in [-0.15, -0.1) is 0 Å². The number of hydrogen-bond acceptors (Lipinski definition) is 6. The second-order valence-electron chi connectivity index (χ2n) is 7.15. The molecule has 0 N–H and O–H groups in total. The Hall–Kier alpha value is -2.93. The molecule has 0 radical (unpaired) electrons. The van der Waals surface area contributed by atoms with E-state index in [1.807, 2.05) is 41.3 Å². The first-order valence-electron chi connectivity index (χ1n) is 9.54. The average molecular weight is 382 g/mol. The minimum Gasteiger partial charge on any atom is -0.485 e. The molecule has 0 unspecified atom stereocenters. The normalized spacial score (nSPS) is 20.9. The Kier molecular flexibility index (Phi) is 4.44. The zero-order valence-corrected chi connectivity index (χ0v) is 15.5. The van der Waals surface area contributed by atoms with Gasteiger partial charge in [0.2, 0.25) is 12.9 Å². The molecule has 5 rings (SSSR count). The predicted molar refractivity (Wildman–Crippen MR) is 101 cm³/mol. The molecule has 1 amide bonds. The Morgan fingerprint density at radius 2 is 1.64 bits per heavy atom. The summed E-state index contributed by atoms with van der Waals surface area (Å²) in [5.41, 5.74) is 1.18. The Morgan fingerprint density at radius 3 is 2.50 bits per heavy atom. The van der Waals surface area contributed by atoms with Crippen molar-refractivity contribution < 1.29 is 23.7 Å². The van der Waals surface area contributed by atoms with Gasteiger partial charge in [0.1, 0.15) is 6.61 Å². The minimum atomic E-state index is -0.574. The van der Waals surface area contributed by atoms with E-state index in [0.29, 0.717) is 24.6 Å². The lowest BCUT2D eigenvalue weighted by Gasteiger charge is -2.37. The zero-order chi connectivity index (χ0) is 18.9. The summed E-state index contributed by atoms with van der Waals surface area (Å²) in [6.07, 6.45) is -0.574. The molecule has 3 heterocycles. The summed E-state index contributed by atoms with van der Waals surface area (Å²) in [4.78, 5) is 17.0. The van der Waals surface area contributed by atoms with E-state index >= 15 is 0 Å². The van der Waals surface area contributed by atoms with E-state index < -0.39 is 6.10 Å². The fraction of sp³-hybridized carbons (Fsp3) is 0.381. The topological polar surface area (TPSA) is 60.5 Å². The van der Waals surface area contributed by atoms with Crippen LogP contribution in [0.1, 0.15) is 5.56 Å². The van der Waals surface area contributed by atoms with Gasteiger partial charge in [-0.1, -0.05) is 18.2 Å². The van der Waals surface area contributed by atoms with E-state index in [1.165, 1.54) is 5.56 Å². The van der Waals surface area contributed by atoms with Crippen LogP contribution in [0.2, 0.25) is 0 Å². The van der Waals surface area contributed by atoms with Crippen LogP contribution in [0.5, 0.6) is 23.0 Å². The third-order valence-corrected chi connectivity index (χ3v) is 5.31. The van der Waals surface area contributed by atoms with Gasteiger partial charge in [-0.3, -0.25) is 9.69 Å². The summed E-state index contributed by atoms with van der Waals surface area (Å²) in [6.45, 7) is 4.39.